The first-order valence-corrected chi connectivity index (χ1v) is 9.30. The molecule has 0 radical (unpaired) electrons. The van der Waals surface area contributed by atoms with Crippen LogP contribution in [-0.4, -0.2) is 35.8 Å². The smallest absolute Gasteiger partial charge is 0.191 e. The maximum atomic E-state index is 4.85. The number of halogens is 1. The van der Waals surface area contributed by atoms with Gasteiger partial charge in [0, 0.05) is 24.2 Å². The van der Waals surface area contributed by atoms with Crippen molar-refractivity contribution in [2.45, 2.75) is 44.9 Å². The van der Waals surface area contributed by atoms with Gasteiger partial charge in [-0.25, -0.2) is 0 Å². The second-order valence-corrected chi connectivity index (χ2v) is 6.89. The largest absolute Gasteiger partial charge is 0.357 e. The highest BCUT2D eigenvalue weighted by atomic mass is 127. The molecule has 0 aliphatic heterocycles. The van der Waals surface area contributed by atoms with Crippen LogP contribution in [0.4, 0.5) is 0 Å². The Balaban J connectivity index is 0.00000243. The molecule has 1 fully saturated rings. The van der Waals surface area contributed by atoms with Crippen molar-refractivity contribution in [2.24, 2.45) is 4.99 Å². The molecule has 0 atom stereocenters. The van der Waals surface area contributed by atoms with Crippen molar-refractivity contribution in [3.63, 3.8) is 0 Å². The van der Waals surface area contributed by atoms with Gasteiger partial charge in [0.25, 0.3) is 0 Å². The fraction of sp³-hybridized carbons (Fsp3) is 0.500. The number of hydrogen-bond acceptors (Lipinski definition) is 2. The molecule has 0 unspecified atom stereocenters. The fourth-order valence-electron chi connectivity index (χ4n) is 3.17. The van der Waals surface area contributed by atoms with Crippen LogP contribution >= 0.6 is 24.0 Å². The molecule has 1 aromatic carbocycles. The van der Waals surface area contributed by atoms with Gasteiger partial charge < -0.3 is 10.6 Å². The van der Waals surface area contributed by atoms with Gasteiger partial charge in [-0.2, -0.15) is 5.10 Å². The van der Waals surface area contributed by atoms with Gasteiger partial charge in [-0.05, 0) is 50.7 Å². The number of guanidine groups is 1. The van der Waals surface area contributed by atoms with Crippen molar-refractivity contribution in [2.75, 3.05) is 19.6 Å². The summed E-state index contributed by atoms with van der Waals surface area (Å²) in [5.74, 6) is 0.925. The van der Waals surface area contributed by atoms with Gasteiger partial charge in [0.05, 0.1) is 12.7 Å². The lowest BCUT2D eigenvalue weighted by Crippen LogP contribution is -2.38. The van der Waals surface area contributed by atoms with E-state index in [0.29, 0.717) is 0 Å². The third-order valence-electron chi connectivity index (χ3n) is 4.97. The van der Waals surface area contributed by atoms with E-state index in [-0.39, 0.29) is 29.4 Å². The van der Waals surface area contributed by atoms with Crippen LogP contribution in [0.1, 0.15) is 43.0 Å². The predicted molar refractivity (Wildman–Crippen MR) is 118 cm³/mol. The Kier molecular flexibility index (Phi) is 7.93. The number of rotatable bonds is 8. The average Bonchev–Trinajstić information content (AvgIpc) is 3.33. The van der Waals surface area contributed by atoms with Gasteiger partial charge in [-0.1, -0.05) is 30.3 Å². The van der Waals surface area contributed by atoms with Crippen LogP contribution in [0, 0.1) is 6.92 Å². The summed E-state index contributed by atoms with van der Waals surface area (Å²) in [4.78, 5) is 4.85. The van der Waals surface area contributed by atoms with E-state index in [1.807, 2.05) is 6.20 Å². The molecule has 142 valence electrons. The molecule has 3 rings (SSSR count). The highest BCUT2D eigenvalue weighted by Crippen LogP contribution is 2.48. The lowest BCUT2D eigenvalue weighted by Gasteiger charge is -2.16. The van der Waals surface area contributed by atoms with Crippen molar-refractivity contribution in [1.29, 1.82) is 0 Å². The van der Waals surface area contributed by atoms with Crippen LogP contribution in [0.3, 0.4) is 0 Å². The van der Waals surface area contributed by atoms with E-state index >= 15 is 0 Å². The topological polar surface area (TPSA) is 65.1 Å². The molecule has 3 N–H and O–H groups in total. The first kappa shape index (κ1) is 20.7. The average molecular weight is 467 g/mol. The second-order valence-electron chi connectivity index (χ2n) is 6.89. The van der Waals surface area contributed by atoms with Gasteiger partial charge >= 0.3 is 0 Å². The summed E-state index contributed by atoms with van der Waals surface area (Å²) >= 11 is 0. The predicted octanol–water partition coefficient (Wildman–Crippen LogP) is 3.56. The first-order chi connectivity index (χ1) is 12.2. The normalized spacial score (nSPS) is 15.2. The van der Waals surface area contributed by atoms with E-state index in [0.717, 1.165) is 38.4 Å². The standard InChI is InChI=1S/C20H29N5.HI/c1-3-21-19(22-13-7-8-17-14-24-25-16(17)2)23-15-20(11-12-20)18-9-5-4-6-10-18;/h4-6,9-10,14H,3,7-8,11-13,15H2,1-2H3,(H,24,25)(H2,21,22,23);1H. The Morgan fingerprint density at radius 2 is 2.00 bits per heavy atom. The number of aryl methyl sites for hydroxylation is 2. The minimum absolute atomic E-state index is 0. The van der Waals surface area contributed by atoms with E-state index in [9.17, 15) is 0 Å². The second kappa shape index (κ2) is 9.94. The molecule has 0 bridgehead atoms. The molecule has 1 heterocycles. The Hall–Kier alpha value is -1.57. The van der Waals surface area contributed by atoms with Crippen molar-refractivity contribution in [1.82, 2.24) is 20.8 Å². The molecular formula is C20H30IN5. The van der Waals surface area contributed by atoms with Crippen molar-refractivity contribution < 1.29 is 0 Å². The monoisotopic (exact) mass is 467 g/mol. The zero-order valence-electron chi connectivity index (χ0n) is 15.7. The van der Waals surface area contributed by atoms with Crippen LogP contribution in [0.2, 0.25) is 0 Å². The molecular weight excluding hydrogens is 437 g/mol. The van der Waals surface area contributed by atoms with Gasteiger partial charge in [0.15, 0.2) is 5.96 Å². The maximum Gasteiger partial charge on any atom is 0.191 e. The molecule has 6 heteroatoms. The Morgan fingerprint density at radius 1 is 1.23 bits per heavy atom. The fourth-order valence-corrected chi connectivity index (χ4v) is 3.17. The van der Waals surface area contributed by atoms with Gasteiger partial charge in [0.1, 0.15) is 0 Å². The minimum atomic E-state index is 0. The first-order valence-electron chi connectivity index (χ1n) is 9.30. The van der Waals surface area contributed by atoms with Crippen LogP contribution in [0.25, 0.3) is 0 Å². The van der Waals surface area contributed by atoms with Crippen LogP contribution in [-0.2, 0) is 11.8 Å². The number of nitrogens with zero attached hydrogens (tertiary/aromatic N) is 2. The molecule has 0 saturated heterocycles. The highest BCUT2D eigenvalue weighted by molar-refractivity contribution is 14.0. The number of H-pyrrole nitrogens is 1. The SMILES string of the molecule is CCNC(=NCC1(c2ccccc2)CC1)NCCCc1cn[nH]c1C.I. The number of hydrogen-bond donors (Lipinski definition) is 3. The Labute approximate surface area is 173 Å². The van der Waals surface area contributed by atoms with E-state index in [1.165, 1.54) is 29.7 Å². The summed E-state index contributed by atoms with van der Waals surface area (Å²) in [7, 11) is 0. The van der Waals surface area contributed by atoms with E-state index in [2.05, 4.69) is 65.0 Å². The van der Waals surface area contributed by atoms with Crippen LogP contribution < -0.4 is 10.6 Å². The number of aliphatic imine (C=N–C) groups is 1. The third-order valence-corrected chi connectivity index (χ3v) is 4.97. The van der Waals surface area contributed by atoms with E-state index in [1.54, 1.807) is 0 Å². The molecule has 0 amide bonds. The van der Waals surface area contributed by atoms with Crippen molar-refractivity contribution in [3.8, 4) is 0 Å². The Morgan fingerprint density at radius 3 is 2.62 bits per heavy atom. The van der Waals surface area contributed by atoms with Gasteiger partial charge in [0.2, 0.25) is 0 Å². The zero-order chi connectivity index (χ0) is 17.5. The van der Waals surface area contributed by atoms with Crippen LogP contribution in [0.5, 0.6) is 0 Å². The summed E-state index contributed by atoms with van der Waals surface area (Å²) in [6.07, 6.45) is 6.49. The number of nitrogens with one attached hydrogen (secondary N) is 3. The maximum absolute atomic E-state index is 4.85. The summed E-state index contributed by atoms with van der Waals surface area (Å²) in [6, 6.07) is 10.8. The molecule has 1 aromatic heterocycles. The zero-order valence-corrected chi connectivity index (χ0v) is 18.0. The number of aromatic amines is 1. The number of aromatic nitrogens is 2. The highest BCUT2D eigenvalue weighted by Gasteiger charge is 2.43. The summed E-state index contributed by atoms with van der Waals surface area (Å²) in [5.41, 5.74) is 4.14. The molecule has 1 saturated carbocycles. The lowest BCUT2D eigenvalue weighted by molar-refractivity contribution is 0.686. The molecule has 0 spiro atoms. The molecule has 1 aliphatic carbocycles. The summed E-state index contributed by atoms with van der Waals surface area (Å²) in [6.45, 7) is 6.82. The van der Waals surface area contributed by atoms with Crippen molar-refractivity contribution >= 4 is 29.9 Å². The van der Waals surface area contributed by atoms with Gasteiger partial charge in [-0.3, -0.25) is 10.1 Å². The Bertz CT molecular complexity index is 691. The third kappa shape index (κ3) is 5.46. The molecule has 26 heavy (non-hydrogen) atoms. The van der Waals surface area contributed by atoms with Gasteiger partial charge in [-0.15, -0.1) is 24.0 Å². The minimum Gasteiger partial charge on any atom is -0.357 e. The van der Waals surface area contributed by atoms with Crippen LogP contribution in [0.15, 0.2) is 41.5 Å². The van der Waals surface area contributed by atoms with E-state index < -0.39 is 0 Å². The molecule has 5 nitrogen and oxygen atoms in total. The van der Waals surface area contributed by atoms with Crippen molar-refractivity contribution in [3.05, 3.63) is 53.3 Å². The number of benzene rings is 1. The summed E-state index contributed by atoms with van der Waals surface area (Å²) in [5, 5.41) is 13.9. The molecule has 1 aliphatic rings. The quantitative estimate of drug-likeness (QED) is 0.241. The summed E-state index contributed by atoms with van der Waals surface area (Å²) < 4.78 is 0. The molecule has 2 aromatic rings. The van der Waals surface area contributed by atoms with E-state index in [4.69, 9.17) is 4.99 Å². The lowest BCUT2D eigenvalue weighted by atomic mass is 9.96.